The summed E-state index contributed by atoms with van der Waals surface area (Å²) in [6.45, 7) is 2.26. The molecule has 2 rings (SSSR count). The van der Waals surface area contributed by atoms with E-state index in [0.29, 0.717) is 10.9 Å². The Balaban J connectivity index is 1.67. The molecule has 1 heterocycles. The number of nitrogens with two attached hydrogens (primary N) is 1. The van der Waals surface area contributed by atoms with Gasteiger partial charge < -0.3 is 5.84 Å². The van der Waals surface area contributed by atoms with Crippen molar-refractivity contribution in [1.29, 1.82) is 0 Å². The molecule has 0 fully saturated rings. The Morgan fingerprint density at radius 2 is 1.48 bits per heavy atom. The lowest BCUT2D eigenvalue weighted by Crippen LogP contribution is -2.32. The van der Waals surface area contributed by atoms with Gasteiger partial charge in [-0.25, -0.2) is 0 Å². The molecule has 0 aliphatic heterocycles. The Labute approximate surface area is 166 Å². The van der Waals surface area contributed by atoms with Crippen LogP contribution in [0.1, 0.15) is 71.1 Å². The molecule has 6 heteroatoms. The molecule has 0 saturated heterocycles. The summed E-state index contributed by atoms with van der Waals surface area (Å²) in [4.78, 5) is 12.4. The van der Waals surface area contributed by atoms with Crippen LogP contribution in [0.4, 0.5) is 0 Å². The highest BCUT2D eigenvalue weighted by Crippen LogP contribution is 2.18. The third-order valence-corrected chi connectivity index (χ3v) is 5.67. The molecule has 1 aromatic heterocycles. The van der Waals surface area contributed by atoms with Crippen LogP contribution in [0.15, 0.2) is 40.3 Å². The quantitative estimate of drug-likeness (QED) is 0.296. The summed E-state index contributed by atoms with van der Waals surface area (Å²) in [6, 6.07) is 9.30. The van der Waals surface area contributed by atoms with Gasteiger partial charge in [-0.05, 0) is 6.42 Å². The Kier molecular flexibility index (Phi) is 9.98. The normalized spacial score (nSPS) is 11.0. The summed E-state index contributed by atoms with van der Waals surface area (Å²) in [7, 11) is 0. The number of rotatable bonds is 13. The number of hydrogen-bond acceptors (Lipinski definition) is 5. The van der Waals surface area contributed by atoms with Gasteiger partial charge >= 0.3 is 0 Å². The van der Waals surface area contributed by atoms with Crippen molar-refractivity contribution in [3.8, 4) is 11.3 Å². The standard InChI is InChI=1S/C21H32N4OS/c1-2-3-4-5-6-7-8-9-10-14-17-27-21-24-23-19(20(26)25(21)22)18-15-12-11-13-16-18/h11-13,15-16H,2-10,14,17,22H2,1H3. The molecule has 2 aromatic rings. The number of nitrogen functional groups attached to an aromatic ring is 1. The van der Waals surface area contributed by atoms with Crippen molar-refractivity contribution in [1.82, 2.24) is 14.9 Å². The van der Waals surface area contributed by atoms with E-state index in [9.17, 15) is 4.79 Å². The monoisotopic (exact) mass is 388 g/mol. The third-order valence-electron chi connectivity index (χ3n) is 4.64. The van der Waals surface area contributed by atoms with Gasteiger partial charge in [0.15, 0.2) is 5.69 Å². The maximum Gasteiger partial charge on any atom is 0.299 e. The lowest BCUT2D eigenvalue weighted by Gasteiger charge is -2.07. The van der Waals surface area contributed by atoms with Gasteiger partial charge in [-0.3, -0.25) is 4.79 Å². The molecule has 5 nitrogen and oxygen atoms in total. The molecule has 1 aromatic carbocycles. The fourth-order valence-corrected chi connectivity index (χ4v) is 3.86. The minimum atomic E-state index is -0.304. The average Bonchev–Trinajstić information content (AvgIpc) is 2.70. The SMILES string of the molecule is CCCCCCCCCCCCSc1nnc(-c2ccccc2)c(=O)n1N. The maximum atomic E-state index is 12.4. The fraction of sp³-hybridized carbons (Fsp3) is 0.571. The molecule has 0 aliphatic carbocycles. The van der Waals surface area contributed by atoms with Gasteiger partial charge in [0, 0.05) is 11.3 Å². The summed E-state index contributed by atoms with van der Waals surface area (Å²) in [6.07, 6.45) is 13.1. The second-order valence-electron chi connectivity index (χ2n) is 6.90. The summed E-state index contributed by atoms with van der Waals surface area (Å²) < 4.78 is 1.12. The number of thioether (sulfide) groups is 1. The van der Waals surface area contributed by atoms with Crippen molar-refractivity contribution in [2.75, 3.05) is 11.6 Å². The van der Waals surface area contributed by atoms with Crippen LogP contribution in [0.25, 0.3) is 11.3 Å². The van der Waals surface area contributed by atoms with Crippen LogP contribution in [0.3, 0.4) is 0 Å². The van der Waals surface area contributed by atoms with Crippen LogP contribution in [-0.4, -0.2) is 20.6 Å². The van der Waals surface area contributed by atoms with E-state index in [1.807, 2.05) is 30.3 Å². The summed E-state index contributed by atoms with van der Waals surface area (Å²) in [5.41, 5.74) is 0.726. The number of nitrogens with zero attached hydrogens (tertiary/aromatic N) is 3. The van der Waals surface area contributed by atoms with E-state index >= 15 is 0 Å². The predicted octanol–water partition coefficient (Wildman–Crippen LogP) is 5.03. The van der Waals surface area contributed by atoms with Crippen LogP contribution in [-0.2, 0) is 0 Å². The first-order valence-electron chi connectivity index (χ1n) is 10.2. The number of aromatic nitrogens is 3. The van der Waals surface area contributed by atoms with Crippen LogP contribution in [0, 0.1) is 0 Å². The van der Waals surface area contributed by atoms with Crippen molar-refractivity contribution in [2.45, 2.75) is 76.3 Å². The number of hydrogen-bond donors (Lipinski definition) is 1. The third kappa shape index (κ3) is 7.37. The van der Waals surface area contributed by atoms with Gasteiger partial charge in [-0.1, -0.05) is 107 Å². The van der Waals surface area contributed by atoms with Gasteiger partial charge in [0.1, 0.15) is 0 Å². The first kappa shape index (κ1) is 21.5. The molecule has 0 atom stereocenters. The highest BCUT2D eigenvalue weighted by Gasteiger charge is 2.11. The van der Waals surface area contributed by atoms with E-state index < -0.39 is 0 Å². The molecule has 0 bridgehead atoms. The van der Waals surface area contributed by atoms with E-state index in [-0.39, 0.29) is 5.56 Å². The van der Waals surface area contributed by atoms with Crippen LogP contribution < -0.4 is 11.4 Å². The number of benzene rings is 1. The zero-order chi connectivity index (χ0) is 19.3. The molecule has 0 spiro atoms. The summed E-state index contributed by atoms with van der Waals surface area (Å²) in [5.74, 6) is 6.84. The molecule has 27 heavy (non-hydrogen) atoms. The lowest BCUT2D eigenvalue weighted by atomic mass is 10.1. The molecular weight excluding hydrogens is 356 g/mol. The molecule has 0 saturated carbocycles. The second-order valence-corrected chi connectivity index (χ2v) is 7.96. The molecule has 2 N–H and O–H groups in total. The summed E-state index contributed by atoms with van der Waals surface area (Å²) >= 11 is 1.51. The topological polar surface area (TPSA) is 73.8 Å². The molecule has 0 radical (unpaired) electrons. The molecule has 0 amide bonds. The molecule has 148 valence electrons. The van der Waals surface area contributed by atoms with Gasteiger partial charge in [-0.15, -0.1) is 10.2 Å². The Bertz CT molecular complexity index is 718. The van der Waals surface area contributed by atoms with E-state index in [2.05, 4.69) is 17.1 Å². The van der Waals surface area contributed by atoms with Crippen molar-refractivity contribution < 1.29 is 0 Å². The fourth-order valence-electron chi connectivity index (χ4n) is 3.01. The van der Waals surface area contributed by atoms with E-state index in [4.69, 9.17) is 5.84 Å². The molecule has 0 aliphatic rings. The van der Waals surface area contributed by atoms with Gasteiger partial charge in [0.05, 0.1) is 0 Å². The predicted molar refractivity (Wildman–Crippen MR) is 114 cm³/mol. The Morgan fingerprint density at radius 1 is 0.889 bits per heavy atom. The lowest BCUT2D eigenvalue weighted by molar-refractivity contribution is 0.563. The van der Waals surface area contributed by atoms with Crippen molar-refractivity contribution in [2.24, 2.45) is 0 Å². The summed E-state index contributed by atoms with van der Waals surface area (Å²) in [5, 5.41) is 8.73. The van der Waals surface area contributed by atoms with E-state index in [0.717, 1.165) is 22.4 Å². The van der Waals surface area contributed by atoms with E-state index in [1.165, 1.54) is 69.5 Å². The number of unbranched alkanes of at least 4 members (excludes halogenated alkanes) is 9. The van der Waals surface area contributed by atoms with Crippen LogP contribution in [0.2, 0.25) is 0 Å². The first-order valence-corrected chi connectivity index (χ1v) is 11.2. The molecular formula is C21H32N4OS. The van der Waals surface area contributed by atoms with Crippen molar-refractivity contribution >= 4 is 11.8 Å². The van der Waals surface area contributed by atoms with Gasteiger partial charge in [0.2, 0.25) is 5.16 Å². The van der Waals surface area contributed by atoms with Gasteiger partial charge in [0.25, 0.3) is 5.56 Å². The zero-order valence-corrected chi connectivity index (χ0v) is 17.2. The van der Waals surface area contributed by atoms with Crippen LogP contribution in [0.5, 0.6) is 0 Å². The minimum Gasteiger partial charge on any atom is -0.334 e. The maximum absolute atomic E-state index is 12.4. The highest BCUT2D eigenvalue weighted by molar-refractivity contribution is 7.99. The van der Waals surface area contributed by atoms with Gasteiger partial charge in [-0.2, -0.15) is 4.68 Å². The molecule has 0 unspecified atom stereocenters. The Hall–Kier alpha value is -1.82. The second kappa shape index (κ2) is 12.5. The highest BCUT2D eigenvalue weighted by atomic mass is 32.2. The smallest absolute Gasteiger partial charge is 0.299 e. The largest absolute Gasteiger partial charge is 0.334 e. The van der Waals surface area contributed by atoms with Crippen LogP contribution >= 0.6 is 11.8 Å². The average molecular weight is 389 g/mol. The Morgan fingerprint density at radius 3 is 2.11 bits per heavy atom. The van der Waals surface area contributed by atoms with Crippen molar-refractivity contribution in [3.05, 3.63) is 40.7 Å². The first-order chi connectivity index (χ1) is 13.2. The van der Waals surface area contributed by atoms with Crippen molar-refractivity contribution in [3.63, 3.8) is 0 Å². The minimum absolute atomic E-state index is 0.293. The zero-order valence-electron chi connectivity index (χ0n) is 16.4. The van der Waals surface area contributed by atoms with E-state index in [1.54, 1.807) is 0 Å².